The highest BCUT2D eigenvalue weighted by Crippen LogP contribution is 2.27. The second-order valence-corrected chi connectivity index (χ2v) is 5.43. The molecule has 8 nitrogen and oxygen atoms in total. The lowest BCUT2D eigenvalue weighted by Crippen LogP contribution is -2.26. The summed E-state index contributed by atoms with van der Waals surface area (Å²) in [5.41, 5.74) is 0.116. The summed E-state index contributed by atoms with van der Waals surface area (Å²) in [5, 5.41) is 7.89. The molecule has 1 unspecified atom stereocenters. The molecule has 0 saturated heterocycles. The molecule has 2 rings (SSSR count). The smallest absolute Gasteiger partial charge is 0.368 e. The predicted octanol–water partition coefficient (Wildman–Crippen LogP) is 1.82. The van der Waals surface area contributed by atoms with Crippen molar-refractivity contribution in [1.82, 2.24) is 19.8 Å². The van der Waals surface area contributed by atoms with Crippen molar-refractivity contribution in [3.63, 3.8) is 0 Å². The summed E-state index contributed by atoms with van der Waals surface area (Å²) < 4.78 is 12.8. The minimum atomic E-state index is -0.790. The number of esters is 1. The largest absolute Gasteiger partial charge is 0.477 e. The van der Waals surface area contributed by atoms with E-state index in [0.29, 0.717) is 18.0 Å². The molecule has 0 aliphatic heterocycles. The Labute approximate surface area is 143 Å². The number of carbonyl (C=O) groups is 1. The average molecular weight is 355 g/mol. The van der Waals surface area contributed by atoms with E-state index in [9.17, 15) is 9.59 Å². The molecule has 0 spiro atoms. The summed E-state index contributed by atoms with van der Waals surface area (Å²) in [4.78, 5) is 23.8. The molecule has 0 fully saturated rings. The van der Waals surface area contributed by atoms with E-state index in [4.69, 9.17) is 21.1 Å². The molecule has 0 bridgehead atoms. The maximum absolute atomic E-state index is 12.2. The van der Waals surface area contributed by atoms with Crippen molar-refractivity contribution in [2.24, 2.45) is 0 Å². The number of hydrogen-bond donors (Lipinski definition) is 0. The number of carbonyl (C=O) groups excluding carboxylic acids is 1. The van der Waals surface area contributed by atoms with Gasteiger partial charge < -0.3 is 9.47 Å². The molecule has 1 heterocycles. The van der Waals surface area contributed by atoms with E-state index in [2.05, 4.69) is 10.4 Å². The Kier molecular flexibility index (Phi) is 5.97. The molecule has 2 aromatic rings. The highest BCUT2D eigenvalue weighted by atomic mass is 35.5. The first kappa shape index (κ1) is 18.0. The van der Waals surface area contributed by atoms with Gasteiger partial charge in [0.05, 0.1) is 17.3 Å². The van der Waals surface area contributed by atoms with Gasteiger partial charge in [0.25, 0.3) is 0 Å². The van der Waals surface area contributed by atoms with Gasteiger partial charge in [-0.2, -0.15) is 9.36 Å². The van der Waals surface area contributed by atoms with Gasteiger partial charge in [-0.25, -0.2) is 9.59 Å². The SMILES string of the molecule is CCCn1nnn(-c2ccc(OC(C)C(=O)OCC)c(Cl)c2)c1=O. The van der Waals surface area contributed by atoms with Crippen molar-refractivity contribution < 1.29 is 14.3 Å². The summed E-state index contributed by atoms with van der Waals surface area (Å²) in [7, 11) is 0. The number of halogens is 1. The van der Waals surface area contributed by atoms with Crippen molar-refractivity contribution >= 4 is 17.6 Å². The average Bonchev–Trinajstić information content (AvgIpc) is 2.91. The molecule has 130 valence electrons. The first-order valence-electron chi connectivity index (χ1n) is 7.64. The fraction of sp³-hybridized carbons (Fsp3) is 0.467. The maximum atomic E-state index is 12.2. The van der Waals surface area contributed by atoms with Crippen LogP contribution in [0.1, 0.15) is 27.2 Å². The highest BCUT2D eigenvalue weighted by molar-refractivity contribution is 6.32. The van der Waals surface area contributed by atoms with Crippen LogP contribution in [0.3, 0.4) is 0 Å². The second-order valence-electron chi connectivity index (χ2n) is 5.02. The molecule has 0 N–H and O–H groups in total. The molecule has 0 saturated carbocycles. The Bertz CT molecular complexity index is 771. The fourth-order valence-corrected chi connectivity index (χ4v) is 2.22. The highest BCUT2D eigenvalue weighted by Gasteiger charge is 2.18. The molecular formula is C15H19ClN4O4. The van der Waals surface area contributed by atoms with E-state index < -0.39 is 12.1 Å². The number of aryl methyl sites for hydroxylation is 1. The molecule has 0 amide bonds. The van der Waals surface area contributed by atoms with Crippen LogP contribution in [-0.4, -0.2) is 38.5 Å². The molecule has 0 radical (unpaired) electrons. The Morgan fingerprint density at radius 3 is 2.71 bits per heavy atom. The number of rotatable bonds is 7. The van der Waals surface area contributed by atoms with Gasteiger partial charge in [-0.15, -0.1) is 0 Å². The number of tetrazole rings is 1. The van der Waals surface area contributed by atoms with Crippen LogP contribution >= 0.6 is 11.6 Å². The number of benzene rings is 1. The standard InChI is InChI=1S/C15H19ClN4O4/c1-4-8-19-15(22)20(18-17-19)11-6-7-13(12(16)9-11)24-10(3)14(21)23-5-2/h6-7,9-10H,4-5,8H2,1-3H3. The number of ether oxygens (including phenoxy) is 2. The van der Waals surface area contributed by atoms with E-state index in [1.54, 1.807) is 26.0 Å². The molecule has 24 heavy (non-hydrogen) atoms. The van der Waals surface area contributed by atoms with Crippen molar-refractivity contribution in [2.45, 2.75) is 39.8 Å². The maximum Gasteiger partial charge on any atom is 0.368 e. The molecule has 0 aliphatic rings. The second kappa shape index (κ2) is 7.96. The van der Waals surface area contributed by atoms with Gasteiger partial charge in [0.15, 0.2) is 6.10 Å². The molecule has 1 aromatic heterocycles. The van der Waals surface area contributed by atoms with Crippen molar-refractivity contribution in [2.75, 3.05) is 6.61 Å². The van der Waals surface area contributed by atoms with E-state index in [1.807, 2.05) is 6.92 Å². The Morgan fingerprint density at radius 2 is 2.08 bits per heavy atom. The van der Waals surface area contributed by atoms with Gasteiger partial charge in [-0.3, -0.25) is 0 Å². The van der Waals surface area contributed by atoms with E-state index >= 15 is 0 Å². The van der Waals surface area contributed by atoms with Gasteiger partial charge in [-0.05, 0) is 48.9 Å². The fourth-order valence-electron chi connectivity index (χ4n) is 2.00. The first-order chi connectivity index (χ1) is 11.5. The monoisotopic (exact) mass is 354 g/mol. The van der Waals surface area contributed by atoms with Crippen LogP contribution in [-0.2, 0) is 16.1 Å². The van der Waals surface area contributed by atoms with Crippen LogP contribution in [0, 0.1) is 0 Å². The summed E-state index contributed by atoms with van der Waals surface area (Å²) >= 11 is 6.18. The van der Waals surface area contributed by atoms with Crippen LogP contribution < -0.4 is 10.4 Å². The Morgan fingerprint density at radius 1 is 1.33 bits per heavy atom. The van der Waals surface area contributed by atoms with Crippen LogP contribution in [0.15, 0.2) is 23.0 Å². The van der Waals surface area contributed by atoms with Crippen LogP contribution in [0.25, 0.3) is 5.69 Å². The number of aromatic nitrogens is 4. The zero-order valence-corrected chi connectivity index (χ0v) is 14.5. The predicted molar refractivity (Wildman–Crippen MR) is 87.6 cm³/mol. The van der Waals surface area contributed by atoms with Crippen molar-refractivity contribution in [3.8, 4) is 11.4 Å². The third-order valence-corrected chi connectivity index (χ3v) is 3.45. The summed E-state index contributed by atoms with van der Waals surface area (Å²) in [6, 6.07) is 4.71. The minimum absolute atomic E-state index is 0.251. The van der Waals surface area contributed by atoms with Gasteiger partial charge in [0.1, 0.15) is 5.75 Å². The minimum Gasteiger partial charge on any atom is -0.477 e. The molecule has 1 atom stereocenters. The van der Waals surface area contributed by atoms with Crippen LogP contribution in [0.4, 0.5) is 0 Å². The molecule has 1 aromatic carbocycles. The molecule has 9 heteroatoms. The molecular weight excluding hydrogens is 336 g/mol. The van der Waals surface area contributed by atoms with Gasteiger partial charge >= 0.3 is 11.7 Å². The van der Waals surface area contributed by atoms with Gasteiger partial charge in [-0.1, -0.05) is 18.5 Å². The van der Waals surface area contributed by atoms with E-state index in [0.717, 1.165) is 11.1 Å². The lowest BCUT2D eigenvalue weighted by Gasteiger charge is -2.14. The van der Waals surface area contributed by atoms with Crippen molar-refractivity contribution in [1.29, 1.82) is 0 Å². The van der Waals surface area contributed by atoms with E-state index in [1.165, 1.54) is 10.7 Å². The third kappa shape index (κ3) is 3.94. The normalized spacial score (nSPS) is 12.0. The van der Waals surface area contributed by atoms with Gasteiger partial charge in [0, 0.05) is 6.54 Å². The lowest BCUT2D eigenvalue weighted by atomic mass is 10.3. The topological polar surface area (TPSA) is 88.2 Å². The van der Waals surface area contributed by atoms with Crippen LogP contribution in [0.5, 0.6) is 5.75 Å². The number of nitrogens with zero attached hydrogens (tertiary/aromatic N) is 4. The Balaban J connectivity index is 2.21. The Hall–Kier alpha value is -2.35. The third-order valence-electron chi connectivity index (χ3n) is 3.16. The quantitative estimate of drug-likeness (QED) is 0.705. The summed E-state index contributed by atoms with van der Waals surface area (Å²) in [6.45, 7) is 6.00. The lowest BCUT2D eigenvalue weighted by molar-refractivity contribution is -0.150. The summed E-state index contributed by atoms with van der Waals surface area (Å²) in [5.74, 6) is -0.161. The van der Waals surface area contributed by atoms with Crippen LogP contribution in [0.2, 0.25) is 5.02 Å². The zero-order chi connectivity index (χ0) is 17.7. The zero-order valence-electron chi connectivity index (χ0n) is 13.7. The number of hydrogen-bond acceptors (Lipinski definition) is 6. The first-order valence-corrected chi connectivity index (χ1v) is 8.01. The van der Waals surface area contributed by atoms with Gasteiger partial charge in [0.2, 0.25) is 0 Å². The van der Waals surface area contributed by atoms with Crippen molar-refractivity contribution in [3.05, 3.63) is 33.7 Å². The summed E-state index contributed by atoms with van der Waals surface area (Å²) in [6.07, 6.45) is -0.0146. The molecule has 0 aliphatic carbocycles. The van der Waals surface area contributed by atoms with E-state index in [-0.39, 0.29) is 17.3 Å².